The third-order valence-electron chi connectivity index (χ3n) is 2.09. The maximum Gasteiger partial charge on any atom is 0.387 e. The Morgan fingerprint density at radius 1 is 1.41 bits per heavy atom. The summed E-state index contributed by atoms with van der Waals surface area (Å²) in [7, 11) is 0. The van der Waals surface area contributed by atoms with Crippen LogP contribution >= 0.6 is 0 Å². The minimum absolute atomic E-state index is 0.0186. The molecule has 0 amide bonds. The summed E-state index contributed by atoms with van der Waals surface area (Å²) in [6, 6.07) is 4.78. The Bertz CT molecular complexity index is 361. The molecule has 0 saturated carbocycles. The first-order valence-corrected chi connectivity index (χ1v) is 5.11. The van der Waals surface area contributed by atoms with Crippen LogP contribution in [0, 0.1) is 6.92 Å². The fraction of sp³-hybridized carbons (Fsp3) is 0.455. The number of alkyl halides is 2. The van der Waals surface area contributed by atoms with Crippen molar-refractivity contribution in [2.75, 3.05) is 18.5 Å². The highest BCUT2D eigenvalue weighted by Crippen LogP contribution is 2.27. The van der Waals surface area contributed by atoms with Crippen molar-refractivity contribution in [3.8, 4) is 5.75 Å². The van der Waals surface area contributed by atoms with Crippen molar-refractivity contribution in [1.82, 2.24) is 0 Å². The monoisotopic (exact) mass is 247 g/mol. The number of nitrogens with one attached hydrogen (secondary N) is 1. The van der Waals surface area contributed by atoms with Gasteiger partial charge in [-0.25, -0.2) is 0 Å². The zero-order valence-corrected chi connectivity index (χ0v) is 9.36. The van der Waals surface area contributed by atoms with Gasteiger partial charge in [-0.15, -0.1) is 0 Å². The standard InChI is InChI=1S/C11H15F2NO3/c1-7-2-3-9(14-5-8(16)6-15)10(4-7)17-11(12)13/h2-4,8,11,14-16H,5-6H2,1H3. The Kier molecular flexibility index (Phi) is 5.11. The van der Waals surface area contributed by atoms with E-state index in [1.807, 2.05) is 0 Å². The number of aliphatic hydroxyl groups excluding tert-OH is 2. The number of hydrogen-bond donors (Lipinski definition) is 3. The smallest absolute Gasteiger partial charge is 0.387 e. The summed E-state index contributed by atoms with van der Waals surface area (Å²) in [6.07, 6.45) is -0.948. The van der Waals surface area contributed by atoms with Gasteiger partial charge in [-0.3, -0.25) is 0 Å². The fourth-order valence-corrected chi connectivity index (χ4v) is 1.26. The second-order valence-corrected chi connectivity index (χ2v) is 3.60. The molecule has 0 aromatic heterocycles. The molecule has 1 rings (SSSR count). The van der Waals surface area contributed by atoms with Crippen LogP contribution < -0.4 is 10.1 Å². The van der Waals surface area contributed by atoms with Crippen LogP contribution in [-0.2, 0) is 0 Å². The number of aliphatic hydroxyl groups is 2. The van der Waals surface area contributed by atoms with Crippen LogP contribution in [0.3, 0.4) is 0 Å². The minimum Gasteiger partial charge on any atom is -0.433 e. The SMILES string of the molecule is Cc1ccc(NCC(O)CO)c(OC(F)F)c1. The highest BCUT2D eigenvalue weighted by molar-refractivity contribution is 5.57. The van der Waals surface area contributed by atoms with Crippen molar-refractivity contribution in [1.29, 1.82) is 0 Å². The van der Waals surface area contributed by atoms with Crippen LogP contribution in [0.4, 0.5) is 14.5 Å². The topological polar surface area (TPSA) is 61.7 Å². The molecule has 0 fully saturated rings. The van der Waals surface area contributed by atoms with Crippen molar-refractivity contribution in [3.05, 3.63) is 23.8 Å². The van der Waals surface area contributed by atoms with Gasteiger partial charge >= 0.3 is 6.61 Å². The van der Waals surface area contributed by atoms with Crippen molar-refractivity contribution in [2.45, 2.75) is 19.6 Å². The molecule has 1 aromatic rings. The predicted octanol–water partition coefficient (Wildman–Crippen LogP) is 1.36. The third kappa shape index (κ3) is 4.54. The fourth-order valence-electron chi connectivity index (χ4n) is 1.26. The van der Waals surface area contributed by atoms with Crippen LogP contribution in [0.1, 0.15) is 5.56 Å². The van der Waals surface area contributed by atoms with Gasteiger partial charge in [0.15, 0.2) is 0 Å². The van der Waals surface area contributed by atoms with E-state index >= 15 is 0 Å². The van der Waals surface area contributed by atoms with E-state index < -0.39 is 19.3 Å². The highest BCUT2D eigenvalue weighted by Gasteiger charge is 2.11. The van der Waals surface area contributed by atoms with Crippen molar-refractivity contribution in [2.24, 2.45) is 0 Å². The Morgan fingerprint density at radius 2 is 2.12 bits per heavy atom. The average molecular weight is 247 g/mol. The van der Waals surface area contributed by atoms with Gasteiger partial charge < -0.3 is 20.3 Å². The normalized spacial score (nSPS) is 12.6. The number of rotatable bonds is 6. The summed E-state index contributed by atoms with van der Waals surface area (Å²) in [5, 5.41) is 20.5. The molecule has 0 aliphatic rings. The molecule has 0 saturated heterocycles. The summed E-state index contributed by atoms with van der Waals surface area (Å²) >= 11 is 0. The molecule has 1 unspecified atom stereocenters. The van der Waals surface area contributed by atoms with Gasteiger partial charge in [0.05, 0.1) is 18.4 Å². The molecule has 3 N–H and O–H groups in total. The minimum atomic E-state index is -2.90. The van der Waals surface area contributed by atoms with Gasteiger partial charge in [0, 0.05) is 6.54 Å². The molecule has 6 heteroatoms. The maximum atomic E-state index is 12.2. The zero-order chi connectivity index (χ0) is 12.8. The van der Waals surface area contributed by atoms with E-state index in [0.717, 1.165) is 5.56 Å². The molecule has 0 spiro atoms. The molecule has 0 radical (unpaired) electrons. The number of anilines is 1. The lowest BCUT2D eigenvalue weighted by atomic mass is 10.2. The molecule has 96 valence electrons. The van der Waals surface area contributed by atoms with Crippen LogP contribution in [0.25, 0.3) is 0 Å². The second kappa shape index (κ2) is 6.36. The summed E-state index contributed by atoms with van der Waals surface area (Å²) in [5.41, 5.74) is 1.14. The van der Waals surface area contributed by atoms with Gasteiger partial charge in [0.2, 0.25) is 0 Å². The molecule has 0 aliphatic heterocycles. The highest BCUT2D eigenvalue weighted by atomic mass is 19.3. The summed E-state index contributed by atoms with van der Waals surface area (Å²) < 4.78 is 28.7. The van der Waals surface area contributed by atoms with Crippen LogP contribution in [0.5, 0.6) is 5.75 Å². The van der Waals surface area contributed by atoms with E-state index in [1.54, 1.807) is 19.1 Å². The maximum absolute atomic E-state index is 12.2. The van der Waals surface area contributed by atoms with Crippen molar-refractivity contribution >= 4 is 5.69 Å². The molecule has 4 nitrogen and oxygen atoms in total. The van der Waals surface area contributed by atoms with E-state index in [-0.39, 0.29) is 12.3 Å². The lowest BCUT2D eigenvalue weighted by molar-refractivity contribution is -0.0494. The molecular weight excluding hydrogens is 232 g/mol. The lowest BCUT2D eigenvalue weighted by Crippen LogP contribution is -2.23. The van der Waals surface area contributed by atoms with Crippen LogP contribution in [0.2, 0.25) is 0 Å². The summed E-state index contributed by atoms with van der Waals surface area (Å²) in [5.74, 6) is 0.0186. The van der Waals surface area contributed by atoms with Gasteiger partial charge in [0.25, 0.3) is 0 Å². The Labute approximate surface area is 97.8 Å². The number of ether oxygens (including phenoxy) is 1. The number of benzene rings is 1. The summed E-state index contributed by atoms with van der Waals surface area (Å²) in [4.78, 5) is 0. The quantitative estimate of drug-likeness (QED) is 0.710. The van der Waals surface area contributed by atoms with Crippen LogP contribution in [0.15, 0.2) is 18.2 Å². The first-order chi connectivity index (χ1) is 8.02. The van der Waals surface area contributed by atoms with Gasteiger partial charge in [-0.2, -0.15) is 8.78 Å². The predicted molar refractivity (Wildman–Crippen MR) is 59.4 cm³/mol. The first kappa shape index (κ1) is 13.7. The Morgan fingerprint density at radius 3 is 2.71 bits per heavy atom. The second-order valence-electron chi connectivity index (χ2n) is 3.60. The van der Waals surface area contributed by atoms with E-state index in [4.69, 9.17) is 10.2 Å². The molecule has 17 heavy (non-hydrogen) atoms. The molecule has 1 atom stereocenters. The molecule has 0 aliphatic carbocycles. The number of halogens is 2. The van der Waals surface area contributed by atoms with Gasteiger partial charge in [-0.1, -0.05) is 6.07 Å². The number of aryl methyl sites for hydroxylation is 1. The van der Waals surface area contributed by atoms with Gasteiger partial charge in [-0.05, 0) is 24.6 Å². The Balaban J connectivity index is 2.75. The lowest BCUT2D eigenvalue weighted by Gasteiger charge is -2.15. The Hall–Kier alpha value is -1.40. The van der Waals surface area contributed by atoms with Crippen molar-refractivity contribution < 1.29 is 23.7 Å². The zero-order valence-electron chi connectivity index (χ0n) is 9.36. The number of hydrogen-bond acceptors (Lipinski definition) is 4. The van der Waals surface area contributed by atoms with E-state index in [1.165, 1.54) is 6.07 Å². The third-order valence-corrected chi connectivity index (χ3v) is 2.09. The largest absolute Gasteiger partial charge is 0.433 e. The van der Waals surface area contributed by atoms with Crippen molar-refractivity contribution in [3.63, 3.8) is 0 Å². The molecule has 1 aromatic carbocycles. The molecular formula is C11H15F2NO3. The average Bonchev–Trinajstić information content (AvgIpc) is 2.26. The van der Waals surface area contributed by atoms with E-state index in [0.29, 0.717) is 5.69 Å². The van der Waals surface area contributed by atoms with Gasteiger partial charge in [0.1, 0.15) is 5.75 Å². The van der Waals surface area contributed by atoms with E-state index in [9.17, 15) is 8.78 Å². The first-order valence-electron chi connectivity index (χ1n) is 5.11. The molecule has 0 heterocycles. The van der Waals surface area contributed by atoms with E-state index in [2.05, 4.69) is 10.1 Å². The summed E-state index contributed by atoms with van der Waals surface area (Å²) in [6.45, 7) is -1.49. The van der Waals surface area contributed by atoms with Crippen LogP contribution in [-0.4, -0.2) is 36.1 Å². The molecule has 0 bridgehead atoms.